The molecule has 0 aliphatic heterocycles. The predicted molar refractivity (Wildman–Crippen MR) is 291 cm³/mol. The molecule has 0 spiro atoms. The monoisotopic (exact) mass is 924 g/mol. The summed E-state index contributed by atoms with van der Waals surface area (Å²) in [6, 6.07) is 73.2. The lowest BCUT2D eigenvalue weighted by Crippen LogP contribution is -2.14. The Labute approximate surface area is 411 Å². The predicted octanol–water partition coefficient (Wildman–Crippen LogP) is 17.4. The molecule has 0 amide bonds. The maximum Gasteiger partial charge on any atom is 0.227 e. The van der Waals surface area contributed by atoms with Crippen LogP contribution in [0, 0.1) is 0 Å². The number of furan rings is 1. The zero-order valence-electron chi connectivity index (χ0n) is 39.1. The van der Waals surface area contributed by atoms with E-state index in [1.54, 1.807) is 0 Å². The first-order valence-electron chi connectivity index (χ1n) is 24.5. The van der Waals surface area contributed by atoms with Crippen LogP contribution in [-0.4, -0.2) is 19.1 Å². The van der Waals surface area contributed by atoms with Gasteiger partial charge in [-0.15, -0.1) is 0 Å². The summed E-state index contributed by atoms with van der Waals surface area (Å²) in [6.45, 7) is 4.69. The summed E-state index contributed by atoms with van der Waals surface area (Å²) in [7, 11) is 0. The van der Waals surface area contributed by atoms with Crippen LogP contribution in [0.3, 0.4) is 0 Å². The first-order chi connectivity index (χ1) is 35.4. The smallest absolute Gasteiger partial charge is 0.227 e. The van der Waals surface area contributed by atoms with Crippen molar-refractivity contribution >= 4 is 87.7 Å². The van der Waals surface area contributed by atoms with E-state index in [4.69, 9.17) is 23.2 Å². The van der Waals surface area contributed by atoms with Gasteiger partial charge in [-0.25, -0.2) is 9.97 Å². The number of fused-ring (bicyclic) bond motifs is 14. The van der Waals surface area contributed by atoms with Gasteiger partial charge in [-0.05, 0) is 130 Å². The maximum absolute atomic E-state index is 7.29. The Bertz CT molecular complexity index is 4740. The fraction of sp³-hybridized carbons (Fsp3) is 0.0462. The Kier molecular flexibility index (Phi) is 7.83. The lowest BCUT2D eigenvalue weighted by molar-refractivity contribution is 0.619. The van der Waals surface area contributed by atoms with Crippen molar-refractivity contribution in [3.8, 4) is 56.5 Å². The molecule has 338 valence electrons. The van der Waals surface area contributed by atoms with Crippen LogP contribution in [0.25, 0.3) is 144 Å². The van der Waals surface area contributed by atoms with Crippen molar-refractivity contribution in [2.24, 2.45) is 0 Å². The Morgan fingerprint density at radius 2 is 0.958 bits per heavy atom. The number of oxazole rings is 2. The van der Waals surface area contributed by atoms with Gasteiger partial charge >= 0.3 is 0 Å². The summed E-state index contributed by atoms with van der Waals surface area (Å²) in [6.07, 6.45) is 0. The van der Waals surface area contributed by atoms with Crippen LogP contribution >= 0.6 is 0 Å². The van der Waals surface area contributed by atoms with Crippen LogP contribution < -0.4 is 0 Å². The molecule has 0 saturated carbocycles. The van der Waals surface area contributed by atoms with Crippen molar-refractivity contribution in [1.82, 2.24) is 19.1 Å². The van der Waals surface area contributed by atoms with Crippen molar-refractivity contribution in [3.63, 3.8) is 0 Å². The number of nitrogens with zero attached hydrogens (tertiary/aromatic N) is 4. The first kappa shape index (κ1) is 39.4. The van der Waals surface area contributed by atoms with Crippen LogP contribution in [0.2, 0.25) is 0 Å². The van der Waals surface area contributed by atoms with Crippen molar-refractivity contribution in [1.29, 1.82) is 0 Å². The van der Waals surface area contributed by atoms with Crippen molar-refractivity contribution < 1.29 is 13.3 Å². The number of hydrogen-bond acceptors (Lipinski definition) is 5. The highest BCUT2D eigenvalue weighted by Gasteiger charge is 2.37. The molecule has 0 saturated heterocycles. The summed E-state index contributed by atoms with van der Waals surface area (Å²) in [5.41, 5.74) is 20.4. The molecule has 0 fully saturated rings. The minimum Gasteiger partial charge on any atom is -0.454 e. The fourth-order valence-electron chi connectivity index (χ4n) is 12.1. The van der Waals surface area contributed by atoms with E-state index in [2.05, 4.69) is 181 Å². The van der Waals surface area contributed by atoms with Crippen molar-refractivity contribution in [2.75, 3.05) is 0 Å². The van der Waals surface area contributed by atoms with Crippen LogP contribution in [0.15, 0.2) is 220 Å². The van der Waals surface area contributed by atoms with Gasteiger partial charge in [0.1, 0.15) is 16.6 Å². The van der Waals surface area contributed by atoms with Gasteiger partial charge in [0.15, 0.2) is 16.7 Å². The number of aromatic nitrogens is 4. The molecule has 0 N–H and O–H groups in total. The van der Waals surface area contributed by atoms with Gasteiger partial charge in [-0.3, -0.25) is 0 Å². The molecule has 72 heavy (non-hydrogen) atoms. The van der Waals surface area contributed by atoms with Crippen LogP contribution in [-0.2, 0) is 5.41 Å². The molecule has 0 radical (unpaired) electrons. The van der Waals surface area contributed by atoms with E-state index < -0.39 is 0 Å². The third kappa shape index (κ3) is 5.39. The molecule has 1 aliphatic carbocycles. The molecule has 1 aliphatic rings. The average molecular weight is 925 g/mol. The van der Waals surface area contributed by atoms with Gasteiger partial charge in [0, 0.05) is 54.5 Å². The second-order valence-corrected chi connectivity index (χ2v) is 19.7. The van der Waals surface area contributed by atoms with E-state index >= 15 is 0 Å². The minimum absolute atomic E-state index is 0.163. The van der Waals surface area contributed by atoms with E-state index in [1.807, 2.05) is 48.5 Å². The molecule has 5 heterocycles. The highest BCUT2D eigenvalue weighted by molar-refractivity contribution is 6.19. The van der Waals surface area contributed by atoms with Gasteiger partial charge in [0.05, 0.1) is 27.8 Å². The van der Waals surface area contributed by atoms with E-state index in [0.29, 0.717) is 11.8 Å². The highest BCUT2D eigenvalue weighted by Crippen LogP contribution is 2.54. The van der Waals surface area contributed by atoms with Crippen LogP contribution in [0.1, 0.15) is 25.0 Å². The molecule has 0 atom stereocenters. The Morgan fingerprint density at radius 3 is 1.65 bits per heavy atom. The SMILES string of the molecule is CC1(C)c2ccccc2-c2c(-c3ccc(-n4c5ccccc5c5cc(-c6nc7ccccc7o6)ccc54)c4oc5ccc(-n6c7ccccc7c7cc(-c8nc9ccccc9o8)ccc76)cc5c34)cccc21. The zero-order chi connectivity index (χ0) is 47.4. The number of hydrogen-bond donors (Lipinski definition) is 0. The summed E-state index contributed by atoms with van der Waals surface area (Å²) < 4.78 is 24.6. The zero-order valence-corrected chi connectivity index (χ0v) is 39.1. The van der Waals surface area contributed by atoms with Gasteiger partial charge in [0.2, 0.25) is 11.8 Å². The second-order valence-electron chi connectivity index (χ2n) is 19.7. The standard InChI is InChI=1S/C65H40N4O3/c1-65(2)48-18-6-3-16-44(48)60-42(17-13-19-49(60)65)43-29-32-56(69-53-23-10-5-15-41(53)46-35-38(27-31-55(46)69)64-67-51-21-8-12-25-59(51)72-64)62-61(43)47-36-39(28-33-57(47)70-62)68-52-22-9-4-14-40(52)45-34-37(26-30-54(45)68)63-66-50-20-7-11-24-58(50)71-63/h3-36H,1-2H3. The maximum atomic E-state index is 7.29. The summed E-state index contributed by atoms with van der Waals surface area (Å²) in [5, 5.41) is 6.61. The van der Waals surface area contributed by atoms with E-state index in [0.717, 1.165) is 116 Å². The number of para-hydroxylation sites is 6. The Balaban J connectivity index is 0.956. The average Bonchev–Trinajstić information content (AvgIpc) is 4.29. The molecule has 5 aromatic heterocycles. The number of benzene rings is 10. The van der Waals surface area contributed by atoms with E-state index in [9.17, 15) is 0 Å². The third-order valence-electron chi connectivity index (χ3n) is 15.4. The van der Waals surface area contributed by atoms with Gasteiger partial charge in [-0.1, -0.05) is 123 Å². The van der Waals surface area contributed by atoms with E-state index in [1.165, 1.54) is 27.8 Å². The minimum atomic E-state index is -0.163. The lowest BCUT2D eigenvalue weighted by atomic mass is 9.82. The first-order valence-corrected chi connectivity index (χ1v) is 24.5. The van der Waals surface area contributed by atoms with Crippen molar-refractivity contribution in [2.45, 2.75) is 19.3 Å². The topological polar surface area (TPSA) is 75.1 Å². The largest absolute Gasteiger partial charge is 0.454 e. The molecular formula is C65H40N4O3. The van der Waals surface area contributed by atoms with Gasteiger partial charge in [-0.2, -0.15) is 0 Å². The number of rotatable bonds is 5. The van der Waals surface area contributed by atoms with E-state index in [-0.39, 0.29) is 5.41 Å². The molecule has 0 bridgehead atoms. The summed E-state index contributed by atoms with van der Waals surface area (Å²) in [5.74, 6) is 1.21. The Hall–Kier alpha value is -9.46. The lowest BCUT2D eigenvalue weighted by Gasteiger charge is -2.21. The highest BCUT2D eigenvalue weighted by atomic mass is 16.4. The molecule has 7 heteroatoms. The normalized spacial score (nSPS) is 13.2. The summed E-state index contributed by atoms with van der Waals surface area (Å²) in [4.78, 5) is 9.73. The third-order valence-corrected chi connectivity index (χ3v) is 15.4. The summed E-state index contributed by atoms with van der Waals surface area (Å²) >= 11 is 0. The molecule has 0 unspecified atom stereocenters. The van der Waals surface area contributed by atoms with Gasteiger partial charge in [0.25, 0.3) is 0 Å². The quantitative estimate of drug-likeness (QED) is 0.172. The van der Waals surface area contributed by atoms with Gasteiger partial charge < -0.3 is 22.4 Å². The molecule has 10 aromatic carbocycles. The molecule has 7 nitrogen and oxygen atoms in total. The fourth-order valence-corrected chi connectivity index (χ4v) is 12.1. The van der Waals surface area contributed by atoms with Crippen LogP contribution in [0.5, 0.6) is 0 Å². The molecular weight excluding hydrogens is 885 g/mol. The molecule has 16 rings (SSSR count). The second kappa shape index (κ2) is 14.3. The molecule has 15 aromatic rings. The Morgan fingerprint density at radius 1 is 0.389 bits per heavy atom. The van der Waals surface area contributed by atoms with Crippen molar-refractivity contribution in [3.05, 3.63) is 217 Å². The van der Waals surface area contributed by atoms with Crippen LogP contribution in [0.4, 0.5) is 0 Å².